The molecule has 4 aliphatic rings. The molecule has 346 valence electrons. The topological polar surface area (TPSA) is 24.9 Å². The highest BCUT2D eigenvalue weighted by molar-refractivity contribution is 7.26. The standard InChI is InChI=1S/C65H55BN2O2S/c1-38-32-46-47(65(7,8)31-30-64(46,5)6)35-50(38)67-51-37-56-55(69-53-23-15-16-24-54(53)70-56)36-48(51)66-61-52(67)33-40-20-12-13-21-42(40)59(61)44-27-29-58-60(43-22-14-17-25-57(43)71-58)62(44)68(66)49-28-26-41(63(2,3)4)34-45(49)39-18-10-9-11-19-39/h9-29,32-37H,30-31H2,1-8H3. The Morgan fingerprint density at radius 1 is 0.549 bits per heavy atom. The molecule has 1 aromatic heterocycles. The number of benzene rings is 9. The second-order valence-corrected chi connectivity index (χ2v) is 23.8. The zero-order valence-electron chi connectivity index (χ0n) is 41.7. The zero-order chi connectivity index (χ0) is 48.3. The fourth-order valence-corrected chi connectivity index (χ4v) is 13.7. The van der Waals surface area contributed by atoms with Crippen LogP contribution < -0.4 is 30.1 Å². The Labute approximate surface area is 421 Å². The molecule has 0 N–H and O–H groups in total. The maximum absolute atomic E-state index is 6.94. The quantitative estimate of drug-likeness (QED) is 0.165. The van der Waals surface area contributed by atoms with Gasteiger partial charge in [-0.25, -0.2) is 0 Å². The van der Waals surface area contributed by atoms with Gasteiger partial charge in [0, 0.05) is 65.8 Å². The van der Waals surface area contributed by atoms with E-state index in [1.54, 1.807) is 0 Å². The van der Waals surface area contributed by atoms with Crippen LogP contribution in [0.15, 0.2) is 164 Å². The minimum atomic E-state index is -0.282. The van der Waals surface area contributed by atoms with E-state index in [0.717, 1.165) is 46.9 Å². The molecule has 9 aromatic carbocycles. The molecule has 0 amide bonds. The molecule has 4 heterocycles. The molecule has 6 heteroatoms. The number of rotatable bonds is 3. The van der Waals surface area contributed by atoms with Gasteiger partial charge < -0.3 is 19.2 Å². The van der Waals surface area contributed by atoms with E-state index in [1.807, 2.05) is 35.6 Å². The molecule has 3 aliphatic heterocycles. The summed E-state index contributed by atoms with van der Waals surface area (Å²) in [5.41, 5.74) is 18.7. The van der Waals surface area contributed by atoms with Crippen LogP contribution in [0.4, 0.5) is 28.4 Å². The summed E-state index contributed by atoms with van der Waals surface area (Å²) >= 11 is 1.89. The normalized spacial score (nSPS) is 15.9. The molecule has 14 rings (SSSR count). The van der Waals surface area contributed by atoms with Crippen molar-refractivity contribution >= 4 is 88.5 Å². The van der Waals surface area contributed by atoms with Crippen molar-refractivity contribution in [2.24, 2.45) is 0 Å². The molecule has 0 spiro atoms. The Morgan fingerprint density at radius 3 is 1.96 bits per heavy atom. The Kier molecular flexibility index (Phi) is 8.93. The molecule has 0 saturated carbocycles. The first kappa shape index (κ1) is 42.6. The van der Waals surface area contributed by atoms with E-state index in [9.17, 15) is 0 Å². The molecule has 1 aliphatic carbocycles. The van der Waals surface area contributed by atoms with Crippen LogP contribution in [0.2, 0.25) is 0 Å². The summed E-state index contributed by atoms with van der Waals surface area (Å²) in [6.45, 7) is 18.7. The Bertz CT molecular complexity index is 3920. The van der Waals surface area contributed by atoms with E-state index >= 15 is 0 Å². The molecule has 10 aromatic rings. The van der Waals surface area contributed by atoms with Gasteiger partial charge in [0.1, 0.15) is 0 Å². The molecule has 4 nitrogen and oxygen atoms in total. The van der Waals surface area contributed by atoms with Crippen molar-refractivity contribution in [2.45, 2.75) is 84.5 Å². The fourth-order valence-electron chi connectivity index (χ4n) is 12.6. The third-order valence-electron chi connectivity index (χ3n) is 16.4. The van der Waals surface area contributed by atoms with Crippen LogP contribution in [0, 0.1) is 6.92 Å². The third-order valence-corrected chi connectivity index (χ3v) is 17.5. The second-order valence-electron chi connectivity index (χ2n) is 22.8. The minimum absolute atomic E-state index is 0.00522. The Hall–Kier alpha value is -7.28. The van der Waals surface area contributed by atoms with Crippen LogP contribution in [-0.2, 0) is 16.2 Å². The molecule has 0 saturated heterocycles. The summed E-state index contributed by atoms with van der Waals surface area (Å²) in [7, 11) is 0. The lowest BCUT2D eigenvalue weighted by Crippen LogP contribution is -2.61. The van der Waals surface area contributed by atoms with Crippen molar-refractivity contribution in [3.63, 3.8) is 0 Å². The number of anilines is 5. The van der Waals surface area contributed by atoms with Gasteiger partial charge in [-0.1, -0.05) is 152 Å². The first-order chi connectivity index (χ1) is 34.2. The highest BCUT2D eigenvalue weighted by Crippen LogP contribution is 2.57. The predicted molar refractivity (Wildman–Crippen MR) is 301 cm³/mol. The molecule has 71 heavy (non-hydrogen) atoms. The second kappa shape index (κ2) is 14.9. The number of hydrogen-bond acceptors (Lipinski definition) is 5. The summed E-state index contributed by atoms with van der Waals surface area (Å²) in [5, 5.41) is 5.03. The first-order valence-electron chi connectivity index (χ1n) is 25.3. The first-order valence-corrected chi connectivity index (χ1v) is 26.1. The van der Waals surface area contributed by atoms with Crippen LogP contribution in [0.5, 0.6) is 23.0 Å². The molecule has 0 radical (unpaired) electrons. The van der Waals surface area contributed by atoms with E-state index in [4.69, 9.17) is 9.47 Å². The maximum atomic E-state index is 6.94. The number of ether oxygens (including phenoxy) is 2. The number of fused-ring (bicyclic) bond motifs is 13. The number of para-hydroxylation sites is 2. The van der Waals surface area contributed by atoms with Crippen molar-refractivity contribution in [3.05, 3.63) is 186 Å². The monoisotopic (exact) mass is 938 g/mol. The van der Waals surface area contributed by atoms with Crippen LogP contribution >= 0.6 is 11.3 Å². The highest BCUT2D eigenvalue weighted by atomic mass is 32.1. The Morgan fingerprint density at radius 2 is 1.21 bits per heavy atom. The molecular weight excluding hydrogens is 884 g/mol. The summed E-state index contributed by atoms with van der Waals surface area (Å²) in [6.07, 6.45) is 2.29. The van der Waals surface area contributed by atoms with Gasteiger partial charge in [-0.15, -0.1) is 11.3 Å². The zero-order valence-corrected chi connectivity index (χ0v) is 42.5. The average Bonchev–Trinajstić information content (AvgIpc) is 3.76. The van der Waals surface area contributed by atoms with Crippen LogP contribution in [0.3, 0.4) is 0 Å². The van der Waals surface area contributed by atoms with Crippen LogP contribution in [0.1, 0.15) is 83.6 Å². The number of nitrogens with zero attached hydrogens (tertiary/aromatic N) is 2. The van der Waals surface area contributed by atoms with Crippen molar-refractivity contribution in [3.8, 4) is 45.3 Å². The third kappa shape index (κ3) is 6.23. The molecular formula is C65H55BN2O2S. The number of aryl methyl sites for hydroxylation is 1. The van der Waals surface area contributed by atoms with Gasteiger partial charge in [-0.05, 0) is 146 Å². The van der Waals surface area contributed by atoms with Gasteiger partial charge in [0.05, 0.1) is 0 Å². The largest absolute Gasteiger partial charge is 0.450 e. The lowest BCUT2D eigenvalue weighted by atomic mass is 9.43. The summed E-state index contributed by atoms with van der Waals surface area (Å²) in [5.74, 6) is 2.87. The van der Waals surface area contributed by atoms with Crippen molar-refractivity contribution in [1.82, 2.24) is 0 Å². The summed E-state index contributed by atoms with van der Waals surface area (Å²) in [6, 6.07) is 61.4. The number of hydrogen-bond donors (Lipinski definition) is 0. The summed E-state index contributed by atoms with van der Waals surface area (Å²) < 4.78 is 16.4. The minimum Gasteiger partial charge on any atom is -0.450 e. The molecule has 0 fully saturated rings. The van der Waals surface area contributed by atoms with Crippen molar-refractivity contribution < 1.29 is 9.47 Å². The smallest absolute Gasteiger partial charge is 0.333 e. The maximum Gasteiger partial charge on any atom is 0.333 e. The average molecular weight is 939 g/mol. The summed E-state index contributed by atoms with van der Waals surface area (Å²) in [4.78, 5) is 5.33. The van der Waals surface area contributed by atoms with Gasteiger partial charge in [-0.2, -0.15) is 0 Å². The molecule has 0 atom stereocenters. The lowest BCUT2D eigenvalue weighted by Gasteiger charge is -2.48. The molecule has 0 bridgehead atoms. The van der Waals surface area contributed by atoms with Crippen LogP contribution in [0.25, 0.3) is 53.2 Å². The number of thiophene rings is 1. The van der Waals surface area contributed by atoms with Gasteiger partial charge in [0.15, 0.2) is 23.0 Å². The van der Waals surface area contributed by atoms with E-state index in [0.29, 0.717) is 5.75 Å². The van der Waals surface area contributed by atoms with Gasteiger partial charge >= 0.3 is 6.85 Å². The van der Waals surface area contributed by atoms with Gasteiger partial charge in [0.25, 0.3) is 0 Å². The van der Waals surface area contributed by atoms with Gasteiger partial charge in [-0.3, -0.25) is 0 Å². The molecule has 0 unspecified atom stereocenters. The fraction of sp³-hybridized carbons (Fsp3) is 0.200. The van der Waals surface area contributed by atoms with E-state index in [-0.39, 0.29) is 23.1 Å². The Balaban J connectivity index is 1.17. The van der Waals surface area contributed by atoms with Crippen molar-refractivity contribution in [2.75, 3.05) is 9.71 Å². The lowest BCUT2D eigenvalue weighted by molar-refractivity contribution is 0.332. The van der Waals surface area contributed by atoms with Gasteiger partial charge in [0.2, 0.25) is 0 Å². The van der Waals surface area contributed by atoms with E-state index in [2.05, 4.69) is 205 Å². The SMILES string of the molecule is Cc1cc2c(cc1N1c3cc4c(cc3B3c5c1cc1ccccc1c5-c1ccc5sc6ccccc6c5c1N3c1ccc(C(C)(C)C)cc1-c1ccccc1)Oc1ccccc1O4)C(C)(C)CCC2(C)C. The highest BCUT2D eigenvalue weighted by Gasteiger charge is 2.49. The van der Waals surface area contributed by atoms with Crippen molar-refractivity contribution in [1.29, 1.82) is 0 Å². The van der Waals surface area contributed by atoms with E-state index in [1.165, 1.54) is 98.0 Å². The predicted octanol–water partition coefficient (Wildman–Crippen LogP) is 17.4. The van der Waals surface area contributed by atoms with E-state index < -0.39 is 0 Å². The van der Waals surface area contributed by atoms with Crippen LogP contribution in [-0.4, -0.2) is 6.85 Å².